The normalized spacial score (nSPS) is 16.7. The molecule has 104 valence electrons. The number of halogens is 1. The Labute approximate surface area is 118 Å². The monoisotopic (exact) mass is 270 g/mol. The van der Waals surface area contributed by atoms with E-state index in [-0.39, 0.29) is 11.9 Å². The van der Waals surface area contributed by atoms with Crippen molar-refractivity contribution in [1.82, 2.24) is 5.43 Å². The van der Waals surface area contributed by atoms with Gasteiger partial charge in [-0.2, -0.15) is 0 Å². The summed E-state index contributed by atoms with van der Waals surface area (Å²) in [5.74, 6) is 6.13. The fraction of sp³-hybridized carbons (Fsp3) is 0.294. The van der Waals surface area contributed by atoms with E-state index >= 15 is 0 Å². The molecule has 2 aromatic carbocycles. The molecule has 3 rings (SSSR count). The fourth-order valence-corrected chi connectivity index (χ4v) is 2.92. The zero-order valence-corrected chi connectivity index (χ0v) is 11.4. The van der Waals surface area contributed by atoms with Crippen LogP contribution < -0.4 is 11.3 Å². The highest BCUT2D eigenvalue weighted by atomic mass is 19.1. The van der Waals surface area contributed by atoms with Crippen LogP contribution in [0.25, 0.3) is 0 Å². The van der Waals surface area contributed by atoms with Gasteiger partial charge in [-0.1, -0.05) is 42.8 Å². The van der Waals surface area contributed by atoms with Gasteiger partial charge in [0.05, 0.1) is 6.04 Å². The molecule has 1 aliphatic carbocycles. The molecule has 0 heterocycles. The molecule has 1 saturated carbocycles. The summed E-state index contributed by atoms with van der Waals surface area (Å²) in [5, 5.41) is 0. The van der Waals surface area contributed by atoms with Gasteiger partial charge in [-0.3, -0.25) is 5.84 Å². The number of hydrogen-bond acceptors (Lipinski definition) is 2. The molecule has 3 N–H and O–H groups in total. The minimum absolute atomic E-state index is 0.164. The number of nitrogens with one attached hydrogen (secondary N) is 1. The minimum atomic E-state index is -0.233. The first-order valence-electron chi connectivity index (χ1n) is 7.10. The molecule has 0 saturated heterocycles. The van der Waals surface area contributed by atoms with E-state index in [1.807, 2.05) is 12.1 Å². The highest BCUT2D eigenvalue weighted by molar-refractivity contribution is 5.40. The van der Waals surface area contributed by atoms with Crippen LogP contribution in [0, 0.1) is 5.82 Å². The van der Waals surface area contributed by atoms with Gasteiger partial charge in [0.15, 0.2) is 0 Å². The molecular weight excluding hydrogens is 251 g/mol. The van der Waals surface area contributed by atoms with Gasteiger partial charge < -0.3 is 0 Å². The third-order valence-corrected chi connectivity index (χ3v) is 4.20. The lowest BCUT2D eigenvalue weighted by atomic mass is 9.76. The molecule has 0 amide bonds. The maximum absolute atomic E-state index is 13.4. The van der Waals surface area contributed by atoms with Crippen molar-refractivity contribution in [2.45, 2.75) is 31.2 Å². The fourth-order valence-electron chi connectivity index (χ4n) is 2.92. The number of nitrogens with two attached hydrogens (primary N) is 1. The largest absolute Gasteiger partial charge is 0.271 e. The van der Waals surface area contributed by atoms with Gasteiger partial charge >= 0.3 is 0 Å². The number of hydrogen-bond donors (Lipinski definition) is 2. The number of benzene rings is 2. The standard InChI is InChI=1S/C17H19FN2/c18-14-8-4-7-13(11-14)17(20-19)16-10-2-1-9-15(16)12-5-3-6-12/h1-2,4,7-12,17,20H,3,5-6,19H2. The van der Waals surface area contributed by atoms with Gasteiger partial charge in [0.25, 0.3) is 0 Å². The van der Waals surface area contributed by atoms with Crippen molar-refractivity contribution in [3.63, 3.8) is 0 Å². The molecule has 0 aromatic heterocycles. The average Bonchev–Trinajstić information content (AvgIpc) is 2.40. The molecule has 1 fully saturated rings. The van der Waals surface area contributed by atoms with E-state index < -0.39 is 0 Å². The van der Waals surface area contributed by atoms with Crippen LogP contribution in [0.5, 0.6) is 0 Å². The molecule has 3 heteroatoms. The van der Waals surface area contributed by atoms with Crippen molar-refractivity contribution in [2.24, 2.45) is 5.84 Å². The van der Waals surface area contributed by atoms with Crippen LogP contribution in [0.3, 0.4) is 0 Å². The molecule has 0 radical (unpaired) electrons. The number of rotatable bonds is 4. The lowest BCUT2D eigenvalue weighted by molar-refractivity contribution is 0.414. The second kappa shape index (κ2) is 5.73. The summed E-state index contributed by atoms with van der Waals surface area (Å²) in [6.07, 6.45) is 3.76. The molecule has 0 bridgehead atoms. The Morgan fingerprint density at radius 3 is 2.55 bits per heavy atom. The van der Waals surface area contributed by atoms with Crippen molar-refractivity contribution in [3.8, 4) is 0 Å². The predicted octanol–water partition coefficient (Wildman–Crippen LogP) is 3.65. The lowest BCUT2D eigenvalue weighted by Gasteiger charge is -2.30. The van der Waals surface area contributed by atoms with E-state index in [1.54, 1.807) is 12.1 Å². The Morgan fingerprint density at radius 2 is 1.90 bits per heavy atom. The van der Waals surface area contributed by atoms with E-state index in [1.165, 1.54) is 30.9 Å². The van der Waals surface area contributed by atoms with Crippen molar-refractivity contribution >= 4 is 0 Å². The average molecular weight is 270 g/mol. The van der Waals surface area contributed by atoms with Crippen molar-refractivity contribution in [2.75, 3.05) is 0 Å². The SMILES string of the molecule is NNC(c1cccc(F)c1)c1ccccc1C1CCC1. The quantitative estimate of drug-likeness (QED) is 0.657. The zero-order chi connectivity index (χ0) is 13.9. The van der Waals surface area contributed by atoms with Crippen LogP contribution in [0.15, 0.2) is 48.5 Å². The Bertz CT molecular complexity index is 593. The van der Waals surface area contributed by atoms with E-state index in [4.69, 9.17) is 5.84 Å². The first-order chi connectivity index (χ1) is 9.79. The molecule has 0 aliphatic heterocycles. The van der Waals surface area contributed by atoms with Crippen molar-refractivity contribution in [3.05, 3.63) is 71.0 Å². The summed E-state index contributed by atoms with van der Waals surface area (Å²) >= 11 is 0. The Kier molecular flexibility index (Phi) is 3.81. The van der Waals surface area contributed by atoms with Gasteiger partial charge in [0, 0.05) is 0 Å². The Morgan fingerprint density at radius 1 is 1.10 bits per heavy atom. The summed E-state index contributed by atoms with van der Waals surface area (Å²) < 4.78 is 13.4. The third-order valence-electron chi connectivity index (χ3n) is 4.20. The Balaban J connectivity index is 2.01. The van der Waals surface area contributed by atoms with E-state index in [0.717, 1.165) is 11.1 Å². The first kappa shape index (κ1) is 13.3. The highest BCUT2D eigenvalue weighted by Gasteiger charge is 2.25. The summed E-state index contributed by atoms with van der Waals surface area (Å²) in [6.45, 7) is 0. The summed E-state index contributed by atoms with van der Waals surface area (Å²) in [6, 6.07) is 14.8. The maximum Gasteiger partial charge on any atom is 0.123 e. The third kappa shape index (κ3) is 2.47. The molecular formula is C17H19FN2. The van der Waals surface area contributed by atoms with Crippen LogP contribution >= 0.6 is 0 Å². The second-order valence-electron chi connectivity index (χ2n) is 5.41. The maximum atomic E-state index is 13.4. The topological polar surface area (TPSA) is 38.0 Å². The van der Waals surface area contributed by atoms with E-state index in [9.17, 15) is 4.39 Å². The molecule has 1 aliphatic rings. The van der Waals surface area contributed by atoms with Gasteiger partial charge in [0.1, 0.15) is 5.82 Å². The van der Waals surface area contributed by atoms with Crippen LogP contribution in [-0.2, 0) is 0 Å². The summed E-state index contributed by atoms with van der Waals surface area (Å²) in [5.41, 5.74) is 6.20. The van der Waals surface area contributed by atoms with Crippen LogP contribution in [-0.4, -0.2) is 0 Å². The summed E-state index contributed by atoms with van der Waals surface area (Å²) in [7, 11) is 0. The van der Waals surface area contributed by atoms with Gasteiger partial charge in [-0.05, 0) is 47.6 Å². The lowest BCUT2D eigenvalue weighted by Crippen LogP contribution is -2.30. The van der Waals surface area contributed by atoms with Crippen LogP contribution in [0.2, 0.25) is 0 Å². The predicted molar refractivity (Wildman–Crippen MR) is 78.6 cm³/mol. The molecule has 0 spiro atoms. The molecule has 20 heavy (non-hydrogen) atoms. The first-order valence-corrected chi connectivity index (χ1v) is 7.10. The van der Waals surface area contributed by atoms with Crippen molar-refractivity contribution < 1.29 is 4.39 Å². The van der Waals surface area contributed by atoms with Gasteiger partial charge in [-0.15, -0.1) is 0 Å². The Hall–Kier alpha value is -1.71. The minimum Gasteiger partial charge on any atom is -0.271 e. The van der Waals surface area contributed by atoms with E-state index in [0.29, 0.717) is 5.92 Å². The smallest absolute Gasteiger partial charge is 0.123 e. The summed E-state index contributed by atoms with van der Waals surface area (Å²) in [4.78, 5) is 0. The number of hydrazine groups is 1. The second-order valence-corrected chi connectivity index (χ2v) is 5.41. The zero-order valence-electron chi connectivity index (χ0n) is 11.4. The van der Waals surface area contributed by atoms with Crippen molar-refractivity contribution in [1.29, 1.82) is 0 Å². The molecule has 2 nitrogen and oxygen atoms in total. The van der Waals surface area contributed by atoms with Crippen LogP contribution in [0.1, 0.15) is 47.9 Å². The molecule has 1 atom stereocenters. The molecule has 2 aromatic rings. The van der Waals surface area contributed by atoms with Gasteiger partial charge in [-0.25, -0.2) is 9.82 Å². The molecule has 1 unspecified atom stereocenters. The van der Waals surface area contributed by atoms with Crippen LogP contribution in [0.4, 0.5) is 4.39 Å². The van der Waals surface area contributed by atoms with Gasteiger partial charge in [0.2, 0.25) is 0 Å². The highest BCUT2D eigenvalue weighted by Crippen LogP contribution is 2.40. The van der Waals surface area contributed by atoms with E-state index in [2.05, 4.69) is 23.6 Å².